The second kappa shape index (κ2) is 11.3. The lowest BCUT2D eigenvalue weighted by Gasteiger charge is -2.37. The van der Waals surface area contributed by atoms with Crippen LogP contribution in [-0.2, 0) is 11.2 Å². The Morgan fingerprint density at radius 3 is 2.49 bits per heavy atom. The molecule has 5 rings (SSSR count). The molecule has 0 radical (unpaired) electrons. The Morgan fingerprint density at radius 1 is 1.00 bits per heavy atom. The number of ether oxygens (including phenoxy) is 3. The van der Waals surface area contributed by atoms with E-state index >= 15 is 0 Å². The highest BCUT2D eigenvalue weighted by Crippen LogP contribution is 2.35. The van der Waals surface area contributed by atoms with Gasteiger partial charge in [-0.2, -0.15) is 0 Å². The number of carbonyl (C=O) groups excluding carboxylic acids is 2. The highest BCUT2D eigenvalue weighted by molar-refractivity contribution is 7.10. The summed E-state index contributed by atoms with van der Waals surface area (Å²) in [6.45, 7) is 1.58. The normalized spacial score (nSPS) is 16.6. The first-order valence-electron chi connectivity index (χ1n) is 12.6. The van der Waals surface area contributed by atoms with E-state index in [-0.39, 0.29) is 24.4 Å². The lowest BCUT2D eigenvalue weighted by atomic mass is 10.00. The number of hydrogen-bond donors (Lipinski definition) is 0. The smallest absolute Gasteiger partial charge is 0.254 e. The van der Waals surface area contributed by atoms with Crippen LogP contribution < -0.4 is 14.2 Å². The summed E-state index contributed by atoms with van der Waals surface area (Å²) in [5, 5.41) is 2.07. The fourth-order valence-corrected chi connectivity index (χ4v) is 5.67. The third-order valence-corrected chi connectivity index (χ3v) is 7.99. The van der Waals surface area contributed by atoms with Gasteiger partial charge in [0.15, 0.2) is 0 Å². The zero-order chi connectivity index (χ0) is 25.8. The number of carbonyl (C=O) groups is 2. The van der Waals surface area contributed by atoms with Crippen LogP contribution in [0, 0.1) is 5.92 Å². The molecule has 3 aromatic rings. The highest BCUT2D eigenvalue weighted by atomic mass is 32.1. The van der Waals surface area contributed by atoms with Crippen molar-refractivity contribution in [3.05, 3.63) is 76.0 Å². The largest absolute Gasteiger partial charge is 0.497 e. The number of benzene rings is 2. The fourth-order valence-electron chi connectivity index (χ4n) is 4.74. The third-order valence-electron chi connectivity index (χ3n) is 6.99. The molecule has 2 heterocycles. The zero-order valence-corrected chi connectivity index (χ0v) is 22.0. The van der Waals surface area contributed by atoms with E-state index in [4.69, 9.17) is 14.2 Å². The maximum atomic E-state index is 13.7. The minimum atomic E-state index is -0.215. The van der Waals surface area contributed by atoms with Crippen molar-refractivity contribution in [2.45, 2.75) is 25.3 Å². The van der Waals surface area contributed by atoms with Crippen LogP contribution in [-0.4, -0.2) is 62.1 Å². The number of amides is 2. The first-order chi connectivity index (χ1) is 18.1. The van der Waals surface area contributed by atoms with Gasteiger partial charge in [0, 0.05) is 29.6 Å². The minimum absolute atomic E-state index is 0.0521. The van der Waals surface area contributed by atoms with Gasteiger partial charge in [-0.1, -0.05) is 6.07 Å². The molecule has 1 aliphatic heterocycles. The lowest BCUT2D eigenvalue weighted by molar-refractivity contribution is -0.135. The number of fused-ring (bicyclic) bond motifs is 1. The zero-order valence-electron chi connectivity index (χ0n) is 21.2. The third kappa shape index (κ3) is 5.91. The molecule has 194 valence electrons. The van der Waals surface area contributed by atoms with Crippen LogP contribution in [0.25, 0.3) is 0 Å². The molecule has 2 amide bonds. The van der Waals surface area contributed by atoms with Gasteiger partial charge in [-0.05, 0) is 78.6 Å². The van der Waals surface area contributed by atoms with Gasteiger partial charge in [0.2, 0.25) is 5.91 Å². The maximum absolute atomic E-state index is 13.7. The van der Waals surface area contributed by atoms with Crippen molar-refractivity contribution in [3.8, 4) is 17.2 Å². The second-order valence-corrected chi connectivity index (χ2v) is 10.5. The molecule has 0 spiro atoms. The predicted octanol–water partition coefficient (Wildman–Crippen LogP) is 4.82. The van der Waals surface area contributed by atoms with Gasteiger partial charge in [-0.25, -0.2) is 0 Å². The lowest BCUT2D eigenvalue weighted by Crippen LogP contribution is -2.48. The Morgan fingerprint density at radius 2 is 1.76 bits per heavy atom. The van der Waals surface area contributed by atoms with Crippen molar-refractivity contribution in [2.75, 3.05) is 40.5 Å². The Hall–Kier alpha value is -3.52. The van der Waals surface area contributed by atoms with Crippen molar-refractivity contribution >= 4 is 23.2 Å². The van der Waals surface area contributed by atoms with Crippen LogP contribution in [0.4, 0.5) is 0 Å². The summed E-state index contributed by atoms with van der Waals surface area (Å²) in [5.74, 6) is 2.39. The molecule has 2 aromatic carbocycles. The standard InChI is InChI=1S/C29H32N2O5S/c1-34-22-10-8-21(9-11-22)29(33)30(17-20-6-7-20)18-28(32)31-14-12-27-25(13-15-37-27)26(31)19-36-24-5-3-4-23(16-24)35-2/h3-5,8-11,13,15-16,20,26H,6-7,12,14,17-19H2,1-2H3/t26-/m1/s1. The SMILES string of the molecule is COc1ccc(C(=O)N(CC(=O)N2CCc3sccc3[C@H]2COc2cccc(OC)c2)CC2CC2)cc1. The van der Waals surface area contributed by atoms with E-state index in [1.165, 1.54) is 4.88 Å². The molecule has 1 aromatic heterocycles. The molecule has 0 N–H and O–H groups in total. The van der Waals surface area contributed by atoms with Gasteiger partial charge in [-0.15, -0.1) is 11.3 Å². The summed E-state index contributed by atoms with van der Waals surface area (Å²) in [7, 11) is 3.22. The van der Waals surface area contributed by atoms with Gasteiger partial charge in [0.25, 0.3) is 5.91 Å². The first kappa shape index (κ1) is 25.1. The van der Waals surface area contributed by atoms with Crippen LogP contribution in [0.1, 0.15) is 39.7 Å². The molecular weight excluding hydrogens is 488 g/mol. The van der Waals surface area contributed by atoms with E-state index in [2.05, 4.69) is 11.4 Å². The van der Waals surface area contributed by atoms with Crippen molar-refractivity contribution in [1.29, 1.82) is 0 Å². The topological polar surface area (TPSA) is 68.3 Å². The van der Waals surface area contributed by atoms with E-state index in [0.29, 0.717) is 42.7 Å². The molecule has 0 unspecified atom stereocenters. The average Bonchev–Trinajstić information content (AvgIpc) is 3.63. The minimum Gasteiger partial charge on any atom is -0.497 e. The second-order valence-electron chi connectivity index (χ2n) is 9.50. The Bertz CT molecular complexity index is 1240. The molecular formula is C29H32N2O5S. The van der Waals surface area contributed by atoms with Crippen LogP contribution in [0.3, 0.4) is 0 Å². The molecule has 0 saturated heterocycles. The van der Waals surface area contributed by atoms with Gasteiger partial charge < -0.3 is 24.0 Å². The number of methoxy groups -OCH3 is 2. The molecule has 37 heavy (non-hydrogen) atoms. The van der Waals surface area contributed by atoms with E-state index in [1.54, 1.807) is 54.7 Å². The molecule has 8 heteroatoms. The number of thiophene rings is 1. The molecule has 0 bridgehead atoms. The van der Waals surface area contributed by atoms with E-state index in [0.717, 1.165) is 30.6 Å². The molecule has 1 atom stereocenters. The van der Waals surface area contributed by atoms with Crippen molar-refractivity contribution < 1.29 is 23.8 Å². The van der Waals surface area contributed by atoms with Crippen LogP contribution >= 0.6 is 11.3 Å². The summed E-state index contributed by atoms with van der Waals surface area (Å²) in [4.78, 5) is 32.0. The van der Waals surface area contributed by atoms with Crippen molar-refractivity contribution in [3.63, 3.8) is 0 Å². The van der Waals surface area contributed by atoms with Crippen LogP contribution in [0.5, 0.6) is 17.2 Å². The van der Waals surface area contributed by atoms with Crippen molar-refractivity contribution in [1.82, 2.24) is 9.80 Å². The number of rotatable bonds is 10. The average molecular weight is 521 g/mol. The highest BCUT2D eigenvalue weighted by Gasteiger charge is 2.35. The summed E-state index contributed by atoms with van der Waals surface area (Å²) in [6.07, 6.45) is 3.00. The Balaban J connectivity index is 1.33. The summed E-state index contributed by atoms with van der Waals surface area (Å²) in [5.41, 5.74) is 1.69. The maximum Gasteiger partial charge on any atom is 0.254 e. The molecule has 1 saturated carbocycles. The summed E-state index contributed by atoms with van der Waals surface area (Å²) in [6, 6.07) is 16.4. The van der Waals surface area contributed by atoms with Crippen molar-refractivity contribution in [2.24, 2.45) is 5.92 Å². The van der Waals surface area contributed by atoms with E-state index in [9.17, 15) is 9.59 Å². The molecule has 7 nitrogen and oxygen atoms in total. The van der Waals surface area contributed by atoms with E-state index in [1.807, 2.05) is 29.2 Å². The van der Waals surface area contributed by atoms with E-state index < -0.39 is 0 Å². The number of nitrogens with zero attached hydrogens (tertiary/aromatic N) is 2. The summed E-state index contributed by atoms with van der Waals surface area (Å²) < 4.78 is 16.7. The van der Waals surface area contributed by atoms with Crippen LogP contribution in [0.15, 0.2) is 60.0 Å². The van der Waals surface area contributed by atoms with Gasteiger partial charge >= 0.3 is 0 Å². The summed E-state index contributed by atoms with van der Waals surface area (Å²) >= 11 is 1.72. The first-order valence-corrected chi connectivity index (χ1v) is 13.5. The monoisotopic (exact) mass is 520 g/mol. The van der Waals surface area contributed by atoms with Crippen LogP contribution in [0.2, 0.25) is 0 Å². The van der Waals surface area contributed by atoms with Gasteiger partial charge in [-0.3, -0.25) is 9.59 Å². The number of hydrogen-bond acceptors (Lipinski definition) is 6. The van der Waals surface area contributed by atoms with Gasteiger partial charge in [0.1, 0.15) is 30.4 Å². The molecule has 1 aliphatic carbocycles. The fraction of sp³-hybridized carbons (Fsp3) is 0.379. The Labute approximate surface area is 221 Å². The quantitative estimate of drug-likeness (QED) is 0.383. The Kier molecular flexibility index (Phi) is 7.65. The van der Waals surface area contributed by atoms with Gasteiger partial charge in [0.05, 0.1) is 20.3 Å². The predicted molar refractivity (Wildman–Crippen MR) is 143 cm³/mol. The molecule has 1 fully saturated rings. The molecule has 2 aliphatic rings.